The number of hydrogen-bond donors (Lipinski definition) is 1. The minimum absolute atomic E-state index is 0.286. The SMILES string of the molecule is Cc1ccc(F)c(OCCC2CCCC2N)c1. The minimum atomic E-state index is -0.286. The second-order valence-electron chi connectivity index (χ2n) is 4.93. The summed E-state index contributed by atoms with van der Waals surface area (Å²) in [4.78, 5) is 0. The molecular formula is C14H20FNO. The van der Waals surface area contributed by atoms with Crippen LogP contribution >= 0.6 is 0 Å². The summed E-state index contributed by atoms with van der Waals surface area (Å²) < 4.78 is 18.9. The number of ether oxygens (including phenoxy) is 1. The maximum Gasteiger partial charge on any atom is 0.165 e. The van der Waals surface area contributed by atoms with Gasteiger partial charge < -0.3 is 10.5 Å². The molecule has 0 heterocycles. The molecule has 0 spiro atoms. The second kappa shape index (κ2) is 5.50. The Kier molecular flexibility index (Phi) is 4.00. The molecule has 1 aromatic carbocycles. The summed E-state index contributed by atoms with van der Waals surface area (Å²) in [6.45, 7) is 2.48. The molecule has 3 heteroatoms. The Morgan fingerprint density at radius 2 is 2.24 bits per heavy atom. The molecular weight excluding hydrogens is 217 g/mol. The summed E-state index contributed by atoms with van der Waals surface area (Å²) in [6.07, 6.45) is 4.43. The standard InChI is InChI=1S/C14H20FNO/c1-10-5-6-12(15)14(9-10)17-8-7-11-3-2-4-13(11)16/h5-6,9,11,13H,2-4,7-8,16H2,1H3. The molecule has 1 fully saturated rings. The zero-order valence-electron chi connectivity index (χ0n) is 10.3. The van der Waals surface area contributed by atoms with Gasteiger partial charge in [-0.1, -0.05) is 12.5 Å². The molecule has 1 saturated carbocycles. The molecule has 1 aliphatic carbocycles. The van der Waals surface area contributed by atoms with Crippen LogP contribution in [0.5, 0.6) is 5.75 Å². The first-order valence-electron chi connectivity index (χ1n) is 6.31. The van der Waals surface area contributed by atoms with E-state index in [-0.39, 0.29) is 5.82 Å². The molecule has 2 atom stereocenters. The number of nitrogens with two attached hydrogens (primary N) is 1. The fraction of sp³-hybridized carbons (Fsp3) is 0.571. The molecule has 94 valence electrons. The van der Waals surface area contributed by atoms with Crippen LogP contribution in [0.1, 0.15) is 31.2 Å². The van der Waals surface area contributed by atoms with Gasteiger partial charge in [0.1, 0.15) is 0 Å². The molecule has 0 saturated heterocycles. The van der Waals surface area contributed by atoms with E-state index in [1.807, 2.05) is 6.92 Å². The number of hydrogen-bond acceptors (Lipinski definition) is 2. The lowest BCUT2D eigenvalue weighted by Gasteiger charge is -2.15. The van der Waals surface area contributed by atoms with Crippen molar-refractivity contribution in [1.29, 1.82) is 0 Å². The van der Waals surface area contributed by atoms with Gasteiger partial charge in [-0.2, -0.15) is 0 Å². The van der Waals surface area contributed by atoms with Crippen molar-refractivity contribution in [3.05, 3.63) is 29.6 Å². The minimum Gasteiger partial charge on any atom is -0.490 e. The number of benzene rings is 1. The van der Waals surface area contributed by atoms with E-state index < -0.39 is 0 Å². The topological polar surface area (TPSA) is 35.2 Å². The maximum absolute atomic E-state index is 13.4. The van der Waals surface area contributed by atoms with E-state index in [4.69, 9.17) is 10.5 Å². The number of rotatable bonds is 4. The van der Waals surface area contributed by atoms with Crippen LogP contribution in [0.25, 0.3) is 0 Å². The maximum atomic E-state index is 13.4. The van der Waals surface area contributed by atoms with Gasteiger partial charge in [0.2, 0.25) is 0 Å². The number of halogens is 1. The quantitative estimate of drug-likeness (QED) is 0.873. The van der Waals surface area contributed by atoms with Crippen LogP contribution in [0.15, 0.2) is 18.2 Å². The lowest BCUT2D eigenvalue weighted by molar-refractivity contribution is 0.260. The third kappa shape index (κ3) is 3.19. The Labute approximate surface area is 102 Å². The number of aryl methyl sites for hydroxylation is 1. The molecule has 0 aliphatic heterocycles. The highest BCUT2D eigenvalue weighted by atomic mass is 19.1. The molecule has 17 heavy (non-hydrogen) atoms. The van der Waals surface area contributed by atoms with E-state index in [1.165, 1.54) is 18.9 Å². The van der Waals surface area contributed by atoms with Crippen LogP contribution in [0.2, 0.25) is 0 Å². The average Bonchev–Trinajstić information content (AvgIpc) is 2.70. The van der Waals surface area contributed by atoms with E-state index in [9.17, 15) is 4.39 Å². The van der Waals surface area contributed by atoms with Gasteiger partial charge in [-0.25, -0.2) is 4.39 Å². The predicted octanol–water partition coefficient (Wildman–Crippen LogP) is 3.03. The summed E-state index contributed by atoms with van der Waals surface area (Å²) >= 11 is 0. The van der Waals surface area contributed by atoms with E-state index in [1.54, 1.807) is 12.1 Å². The summed E-state index contributed by atoms with van der Waals surface area (Å²) in [7, 11) is 0. The first kappa shape index (κ1) is 12.4. The van der Waals surface area contributed by atoms with Crippen molar-refractivity contribution in [2.45, 2.75) is 38.6 Å². The molecule has 1 aromatic rings. The second-order valence-corrected chi connectivity index (χ2v) is 4.93. The summed E-state index contributed by atoms with van der Waals surface area (Å²) in [5.41, 5.74) is 7.00. The monoisotopic (exact) mass is 237 g/mol. The summed E-state index contributed by atoms with van der Waals surface area (Å²) in [5.74, 6) is 0.616. The van der Waals surface area contributed by atoms with E-state index in [0.29, 0.717) is 24.3 Å². The molecule has 2 rings (SSSR count). The zero-order chi connectivity index (χ0) is 12.3. The first-order chi connectivity index (χ1) is 8.16. The van der Waals surface area contributed by atoms with Crippen LogP contribution in [0.3, 0.4) is 0 Å². The van der Waals surface area contributed by atoms with Crippen LogP contribution in [0, 0.1) is 18.7 Å². The molecule has 0 radical (unpaired) electrons. The first-order valence-corrected chi connectivity index (χ1v) is 6.31. The fourth-order valence-electron chi connectivity index (χ4n) is 2.47. The molecule has 0 bridgehead atoms. The smallest absolute Gasteiger partial charge is 0.165 e. The lowest BCUT2D eigenvalue weighted by Crippen LogP contribution is -2.25. The largest absolute Gasteiger partial charge is 0.490 e. The zero-order valence-corrected chi connectivity index (χ0v) is 10.3. The van der Waals surface area contributed by atoms with Crippen molar-refractivity contribution in [3.8, 4) is 5.75 Å². The van der Waals surface area contributed by atoms with Crippen molar-refractivity contribution in [3.63, 3.8) is 0 Å². The van der Waals surface area contributed by atoms with E-state index in [2.05, 4.69) is 0 Å². The molecule has 1 aliphatic rings. The fourth-order valence-corrected chi connectivity index (χ4v) is 2.47. The van der Waals surface area contributed by atoms with Gasteiger partial charge in [-0.15, -0.1) is 0 Å². The Balaban J connectivity index is 1.83. The highest BCUT2D eigenvalue weighted by molar-refractivity contribution is 5.29. The predicted molar refractivity (Wildman–Crippen MR) is 66.6 cm³/mol. The third-order valence-corrected chi connectivity index (χ3v) is 3.55. The van der Waals surface area contributed by atoms with Gasteiger partial charge in [0.25, 0.3) is 0 Å². The van der Waals surface area contributed by atoms with Gasteiger partial charge in [0, 0.05) is 6.04 Å². The van der Waals surface area contributed by atoms with E-state index in [0.717, 1.165) is 18.4 Å². The summed E-state index contributed by atoms with van der Waals surface area (Å²) in [5, 5.41) is 0. The van der Waals surface area contributed by atoms with Crippen LogP contribution in [0.4, 0.5) is 4.39 Å². The van der Waals surface area contributed by atoms with Crippen molar-refractivity contribution in [2.75, 3.05) is 6.61 Å². The molecule has 0 amide bonds. The van der Waals surface area contributed by atoms with Gasteiger partial charge >= 0.3 is 0 Å². The van der Waals surface area contributed by atoms with Crippen LogP contribution in [-0.2, 0) is 0 Å². The molecule has 0 aromatic heterocycles. The van der Waals surface area contributed by atoms with Gasteiger partial charge in [0.15, 0.2) is 11.6 Å². The van der Waals surface area contributed by atoms with Gasteiger partial charge in [-0.05, 0) is 49.8 Å². The Hall–Kier alpha value is -1.09. The highest BCUT2D eigenvalue weighted by Gasteiger charge is 2.23. The third-order valence-electron chi connectivity index (χ3n) is 3.55. The lowest BCUT2D eigenvalue weighted by atomic mass is 10.0. The van der Waals surface area contributed by atoms with Crippen molar-refractivity contribution in [1.82, 2.24) is 0 Å². The average molecular weight is 237 g/mol. The molecule has 2 nitrogen and oxygen atoms in total. The van der Waals surface area contributed by atoms with Crippen LogP contribution in [-0.4, -0.2) is 12.6 Å². The highest BCUT2D eigenvalue weighted by Crippen LogP contribution is 2.27. The van der Waals surface area contributed by atoms with Crippen LogP contribution < -0.4 is 10.5 Å². The van der Waals surface area contributed by atoms with Gasteiger partial charge in [0.05, 0.1) is 6.61 Å². The van der Waals surface area contributed by atoms with Crippen molar-refractivity contribution in [2.24, 2.45) is 11.7 Å². The van der Waals surface area contributed by atoms with Gasteiger partial charge in [-0.3, -0.25) is 0 Å². The normalized spacial score (nSPS) is 23.9. The Bertz CT molecular complexity index is 380. The van der Waals surface area contributed by atoms with Crippen molar-refractivity contribution >= 4 is 0 Å². The Morgan fingerprint density at radius 1 is 1.41 bits per heavy atom. The Morgan fingerprint density at radius 3 is 2.94 bits per heavy atom. The van der Waals surface area contributed by atoms with E-state index >= 15 is 0 Å². The molecule has 2 unspecified atom stereocenters. The van der Waals surface area contributed by atoms with Crippen molar-refractivity contribution < 1.29 is 9.13 Å². The molecule has 2 N–H and O–H groups in total. The summed E-state index contributed by atoms with van der Waals surface area (Å²) in [6, 6.07) is 5.24.